The minimum absolute atomic E-state index is 0.530. The zero-order chi connectivity index (χ0) is 21.2. The summed E-state index contributed by atoms with van der Waals surface area (Å²) in [6.45, 7) is 3.47. The molecule has 7 nitrogen and oxygen atoms in total. The van der Waals surface area contributed by atoms with Crippen LogP contribution < -0.4 is 0 Å². The second-order valence-corrected chi connectivity index (χ2v) is 7.86. The first-order valence-corrected chi connectivity index (χ1v) is 10.4. The van der Waals surface area contributed by atoms with Crippen molar-refractivity contribution in [3.05, 3.63) is 101 Å². The molecule has 31 heavy (non-hydrogen) atoms. The van der Waals surface area contributed by atoms with Crippen LogP contribution in [-0.2, 0) is 13.1 Å². The summed E-state index contributed by atoms with van der Waals surface area (Å²) in [5.41, 5.74) is 5.43. The Hall–Kier alpha value is -3.78. The van der Waals surface area contributed by atoms with E-state index in [4.69, 9.17) is 12.2 Å². The number of aromatic nitrogens is 7. The maximum atomic E-state index is 5.53. The van der Waals surface area contributed by atoms with Crippen LogP contribution in [0.2, 0.25) is 0 Å². The van der Waals surface area contributed by atoms with E-state index in [0.717, 1.165) is 22.6 Å². The van der Waals surface area contributed by atoms with Gasteiger partial charge in [-0.3, -0.25) is 19.0 Å². The third-order valence-corrected chi connectivity index (χ3v) is 5.38. The Balaban J connectivity index is 1.45. The van der Waals surface area contributed by atoms with Crippen LogP contribution in [0, 0.1) is 11.7 Å². The molecule has 8 heteroatoms. The largest absolute Gasteiger partial charge is 0.268 e. The van der Waals surface area contributed by atoms with Crippen molar-refractivity contribution >= 4 is 12.2 Å². The fraction of sp³-hybridized carbons (Fsp3) is 0.130. The molecule has 0 aliphatic heterocycles. The first-order chi connectivity index (χ1) is 15.2. The molecule has 0 atom stereocenters. The lowest BCUT2D eigenvalue weighted by Gasteiger charge is -2.07. The third-order valence-electron chi connectivity index (χ3n) is 5.10. The number of hydrogen-bond acceptors (Lipinski definition) is 4. The Labute approximate surface area is 184 Å². The molecule has 0 aliphatic carbocycles. The molecular weight excluding hydrogens is 406 g/mol. The SMILES string of the molecule is Cc1ccc(Cn2cc(-n3c(-c4cccc(Cn5cccn5)c4)n[nH]c3=S)cn2)cc1. The van der Waals surface area contributed by atoms with Crippen LogP contribution in [-0.4, -0.2) is 34.3 Å². The van der Waals surface area contributed by atoms with Gasteiger partial charge in [0.1, 0.15) is 0 Å². The number of benzene rings is 2. The van der Waals surface area contributed by atoms with E-state index in [9.17, 15) is 0 Å². The number of H-pyrrole nitrogens is 1. The molecule has 3 heterocycles. The molecule has 0 saturated carbocycles. The Morgan fingerprint density at radius 3 is 2.58 bits per heavy atom. The quantitative estimate of drug-likeness (QED) is 0.408. The first-order valence-electron chi connectivity index (χ1n) is 9.98. The molecule has 1 N–H and O–H groups in total. The van der Waals surface area contributed by atoms with Gasteiger partial charge in [-0.1, -0.05) is 48.0 Å². The van der Waals surface area contributed by atoms with E-state index in [0.29, 0.717) is 17.9 Å². The fourth-order valence-electron chi connectivity index (χ4n) is 3.56. The number of hydrogen-bond donors (Lipinski definition) is 1. The molecule has 0 saturated heterocycles. The first kappa shape index (κ1) is 19.2. The van der Waals surface area contributed by atoms with Gasteiger partial charge < -0.3 is 0 Å². The Morgan fingerprint density at radius 1 is 0.935 bits per heavy atom. The molecule has 0 radical (unpaired) electrons. The average Bonchev–Trinajstić information content (AvgIpc) is 3.52. The lowest BCUT2D eigenvalue weighted by molar-refractivity contribution is 0.686. The van der Waals surface area contributed by atoms with E-state index in [1.165, 1.54) is 11.1 Å². The second-order valence-electron chi connectivity index (χ2n) is 7.47. The number of nitrogens with one attached hydrogen (secondary N) is 1. The van der Waals surface area contributed by atoms with Crippen LogP contribution in [0.15, 0.2) is 79.4 Å². The zero-order valence-corrected chi connectivity index (χ0v) is 17.8. The molecule has 5 rings (SSSR count). The van der Waals surface area contributed by atoms with Crippen molar-refractivity contribution in [1.82, 2.24) is 34.3 Å². The van der Waals surface area contributed by atoms with Crippen LogP contribution in [0.5, 0.6) is 0 Å². The van der Waals surface area contributed by atoms with Crippen molar-refractivity contribution in [2.75, 3.05) is 0 Å². The van der Waals surface area contributed by atoms with Gasteiger partial charge in [-0.2, -0.15) is 15.3 Å². The van der Waals surface area contributed by atoms with Gasteiger partial charge in [0.2, 0.25) is 0 Å². The Bertz CT molecular complexity index is 1360. The molecule has 154 valence electrons. The Kier molecular flexibility index (Phi) is 5.05. The van der Waals surface area contributed by atoms with Crippen LogP contribution in [0.4, 0.5) is 0 Å². The molecule has 0 spiro atoms. The smallest absolute Gasteiger partial charge is 0.200 e. The zero-order valence-electron chi connectivity index (χ0n) is 17.0. The predicted octanol–water partition coefficient (Wildman–Crippen LogP) is 4.39. The van der Waals surface area contributed by atoms with Crippen molar-refractivity contribution in [1.29, 1.82) is 0 Å². The number of rotatable bonds is 6. The van der Waals surface area contributed by atoms with Gasteiger partial charge in [-0.15, -0.1) is 0 Å². The van der Waals surface area contributed by atoms with Crippen molar-refractivity contribution in [2.45, 2.75) is 20.0 Å². The van der Waals surface area contributed by atoms with Gasteiger partial charge in [0.05, 0.1) is 25.0 Å². The molecule has 3 aromatic heterocycles. The molecule has 2 aromatic carbocycles. The van der Waals surface area contributed by atoms with E-state index in [1.54, 1.807) is 6.20 Å². The van der Waals surface area contributed by atoms with Crippen molar-refractivity contribution in [3.8, 4) is 17.1 Å². The summed E-state index contributed by atoms with van der Waals surface area (Å²) in [5, 5.41) is 16.2. The lowest BCUT2D eigenvalue weighted by Crippen LogP contribution is -2.02. The maximum absolute atomic E-state index is 5.53. The molecule has 0 amide bonds. The van der Waals surface area contributed by atoms with Crippen molar-refractivity contribution in [3.63, 3.8) is 0 Å². The summed E-state index contributed by atoms with van der Waals surface area (Å²) >= 11 is 5.53. The van der Waals surface area contributed by atoms with Crippen molar-refractivity contribution in [2.24, 2.45) is 0 Å². The topological polar surface area (TPSA) is 69.2 Å². The molecular formula is C23H21N7S. The summed E-state index contributed by atoms with van der Waals surface area (Å²) < 4.78 is 6.25. The summed E-state index contributed by atoms with van der Waals surface area (Å²) in [4.78, 5) is 0. The molecule has 5 aromatic rings. The summed E-state index contributed by atoms with van der Waals surface area (Å²) in [7, 11) is 0. The summed E-state index contributed by atoms with van der Waals surface area (Å²) in [6, 6.07) is 18.6. The molecule has 0 aliphatic rings. The fourth-order valence-corrected chi connectivity index (χ4v) is 3.79. The van der Waals surface area contributed by atoms with E-state index >= 15 is 0 Å². The summed E-state index contributed by atoms with van der Waals surface area (Å²) in [6.07, 6.45) is 7.54. The summed E-state index contributed by atoms with van der Waals surface area (Å²) in [5.74, 6) is 0.752. The van der Waals surface area contributed by atoms with Crippen LogP contribution in [0.25, 0.3) is 17.1 Å². The monoisotopic (exact) mass is 427 g/mol. The third kappa shape index (κ3) is 4.10. The highest BCUT2D eigenvalue weighted by Crippen LogP contribution is 2.23. The van der Waals surface area contributed by atoms with Crippen LogP contribution >= 0.6 is 12.2 Å². The van der Waals surface area contributed by atoms with Crippen molar-refractivity contribution < 1.29 is 0 Å². The minimum atomic E-state index is 0.530. The number of aryl methyl sites for hydroxylation is 1. The molecule has 0 bridgehead atoms. The van der Waals surface area contributed by atoms with E-state index in [-0.39, 0.29) is 0 Å². The van der Waals surface area contributed by atoms with Gasteiger partial charge >= 0.3 is 0 Å². The lowest BCUT2D eigenvalue weighted by atomic mass is 10.1. The highest BCUT2D eigenvalue weighted by atomic mass is 32.1. The standard InChI is InChI=1S/C23H21N7S/c1-17-6-8-18(9-7-17)14-29-16-21(13-25-29)30-22(26-27-23(30)31)20-5-2-4-19(12-20)15-28-11-3-10-24-28/h2-13,16H,14-15H2,1H3,(H,27,31). The van der Waals surface area contributed by atoms with Gasteiger partial charge in [-0.05, 0) is 42.4 Å². The average molecular weight is 428 g/mol. The van der Waals surface area contributed by atoms with E-state index in [1.807, 2.05) is 50.7 Å². The number of aromatic amines is 1. The van der Waals surface area contributed by atoms with Gasteiger partial charge in [0, 0.05) is 24.2 Å². The van der Waals surface area contributed by atoms with Gasteiger partial charge in [-0.25, -0.2) is 0 Å². The number of nitrogens with zero attached hydrogens (tertiary/aromatic N) is 6. The van der Waals surface area contributed by atoms with Gasteiger partial charge in [0.15, 0.2) is 10.6 Å². The van der Waals surface area contributed by atoms with E-state index < -0.39 is 0 Å². The van der Waals surface area contributed by atoms with Crippen LogP contribution in [0.3, 0.4) is 0 Å². The molecule has 0 fully saturated rings. The van der Waals surface area contributed by atoms with Gasteiger partial charge in [0.25, 0.3) is 0 Å². The minimum Gasteiger partial charge on any atom is -0.268 e. The van der Waals surface area contributed by atoms with E-state index in [2.05, 4.69) is 63.7 Å². The van der Waals surface area contributed by atoms with Crippen LogP contribution in [0.1, 0.15) is 16.7 Å². The second kappa shape index (κ2) is 8.16. The Morgan fingerprint density at radius 2 is 1.77 bits per heavy atom. The molecule has 0 unspecified atom stereocenters. The maximum Gasteiger partial charge on any atom is 0.200 e. The highest BCUT2D eigenvalue weighted by Gasteiger charge is 2.13. The predicted molar refractivity (Wildman–Crippen MR) is 122 cm³/mol. The normalized spacial score (nSPS) is 11.1. The highest BCUT2D eigenvalue weighted by molar-refractivity contribution is 7.71.